The second kappa shape index (κ2) is 8.55. The zero-order valence-electron chi connectivity index (χ0n) is 13.8. The van der Waals surface area contributed by atoms with Gasteiger partial charge in [0.15, 0.2) is 11.5 Å². The summed E-state index contributed by atoms with van der Waals surface area (Å²) in [6.07, 6.45) is 1.67. The molecule has 0 aliphatic carbocycles. The van der Waals surface area contributed by atoms with Crippen LogP contribution in [0.2, 0.25) is 0 Å². The molecular formula is C17H25BrN2O3. The summed E-state index contributed by atoms with van der Waals surface area (Å²) in [6, 6.07) is 4.01. The molecule has 0 saturated carbocycles. The summed E-state index contributed by atoms with van der Waals surface area (Å²) in [4.78, 5) is 13.6. The summed E-state index contributed by atoms with van der Waals surface area (Å²) >= 11 is 3.63. The fourth-order valence-electron chi connectivity index (χ4n) is 2.85. The third-order valence-corrected chi connectivity index (χ3v) is 4.83. The Bertz CT molecular complexity index is 543. The second-order valence-electron chi connectivity index (χ2n) is 5.71. The van der Waals surface area contributed by atoms with Gasteiger partial charge in [0.05, 0.1) is 13.2 Å². The lowest BCUT2D eigenvalue weighted by molar-refractivity contribution is -0.123. The molecule has 2 N–H and O–H groups in total. The number of carbonyl (C=O) groups is 1. The largest absolute Gasteiger partial charge is 0.490 e. The zero-order valence-corrected chi connectivity index (χ0v) is 15.4. The summed E-state index contributed by atoms with van der Waals surface area (Å²) < 4.78 is 12.3. The number of rotatable bonds is 7. The summed E-state index contributed by atoms with van der Waals surface area (Å²) in [5.74, 6) is 1.39. The Balaban J connectivity index is 2.07. The summed E-state index contributed by atoms with van der Waals surface area (Å²) in [5.41, 5.74) is 6.55. The second-order valence-corrected chi connectivity index (χ2v) is 6.56. The molecule has 0 spiro atoms. The molecule has 1 aromatic carbocycles. The molecule has 1 aromatic rings. The third kappa shape index (κ3) is 4.85. The Morgan fingerprint density at radius 2 is 1.78 bits per heavy atom. The number of likely N-dealkylation sites (tertiary alicyclic amines) is 1. The number of hydrogen-bond acceptors (Lipinski definition) is 4. The number of carbonyl (C=O) groups excluding carboxylic acids is 1. The number of ether oxygens (including phenoxy) is 2. The van der Waals surface area contributed by atoms with Crippen LogP contribution in [0.4, 0.5) is 0 Å². The topological polar surface area (TPSA) is 64.8 Å². The molecule has 2 rings (SSSR count). The van der Waals surface area contributed by atoms with Gasteiger partial charge in [0, 0.05) is 16.9 Å². The Kier molecular flexibility index (Phi) is 6.72. The van der Waals surface area contributed by atoms with Crippen molar-refractivity contribution in [3.8, 4) is 11.5 Å². The molecule has 1 aliphatic rings. The SMILES string of the molecule is CCOc1cc(Br)c(CN2CCC(C(N)=O)CC2)cc1OCC. The molecular weight excluding hydrogens is 360 g/mol. The molecule has 0 bridgehead atoms. The first-order valence-corrected chi connectivity index (χ1v) is 8.94. The molecule has 128 valence electrons. The fourth-order valence-corrected chi connectivity index (χ4v) is 3.30. The van der Waals surface area contributed by atoms with Gasteiger partial charge in [-0.15, -0.1) is 0 Å². The average molecular weight is 385 g/mol. The number of halogens is 1. The van der Waals surface area contributed by atoms with Crippen molar-refractivity contribution < 1.29 is 14.3 Å². The van der Waals surface area contributed by atoms with Crippen LogP contribution in [-0.2, 0) is 11.3 Å². The van der Waals surface area contributed by atoms with E-state index in [-0.39, 0.29) is 11.8 Å². The minimum absolute atomic E-state index is 0.0222. The van der Waals surface area contributed by atoms with E-state index in [1.165, 1.54) is 0 Å². The highest BCUT2D eigenvalue weighted by Gasteiger charge is 2.23. The van der Waals surface area contributed by atoms with Crippen molar-refractivity contribution in [3.63, 3.8) is 0 Å². The molecule has 1 heterocycles. The van der Waals surface area contributed by atoms with Crippen LogP contribution in [0.15, 0.2) is 16.6 Å². The van der Waals surface area contributed by atoms with Gasteiger partial charge >= 0.3 is 0 Å². The number of nitrogens with zero attached hydrogens (tertiary/aromatic N) is 1. The van der Waals surface area contributed by atoms with Gasteiger partial charge in [-0.1, -0.05) is 15.9 Å². The van der Waals surface area contributed by atoms with E-state index in [1.807, 2.05) is 26.0 Å². The first-order valence-electron chi connectivity index (χ1n) is 8.14. The quantitative estimate of drug-likeness (QED) is 0.784. The van der Waals surface area contributed by atoms with Crippen molar-refractivity contribution in [2.45, 2.75) is 33.2 Å². The molecule has 5 nitrogen and oxygen atoms in total. The normalized spacial score (nSPS) is 16.3. The first-order chi connectivity index (χ1) is 11.0. The van der Waals surface area contributed by atoms with E-state index >= 15 is 0 Å². The number of amides is 1. The lowest BCUT2D eigenvalue weighted by Gasteiger charge is -2.30. The van der Waals surface area contributed by atoms with Gasteiger partial charge in [-0.2, -0.15) is 0 Å². The van der Waals surface area contributed by atoms with Gasteiger partial charge in [-0.05, 0) is 57.5 Å². The van der Waals surface area contributed by atoms with Crippen LogP contribution in [0.5, 0.6) is 11.5 Å². The highest BCUT2D eigenvalue weighted by molar-refractivity contribution is 9.10. The molecule has 1 amide bonds. The molecule has 23 heavy (non-hydrogen) atoms. The average Bonchev–Trinajstić information content (AvgIpc) is 2.52. The van der Waals surface area contributed by atoms with Crippen LogP contribution < -0.4 is 15.2 Å². The number of benzene rings is 1. The highest BCUT2D eigenvalue weighted by Crippen LogP contribution is 2.35. The van der Waals surface area contributed by atoms with E-state index in [1.54, 1.807) is 0 Å². The predicted molar refractivity (Wildman–Crippen MR) is 93.7 cm³/mol. The molecule has 0 unspecified atom stereocenters. The van der Waals surface area contributed by atoms with E-state index < -0.39 is 0 Å². The minimum atomic E-state index is -0.175. The van der Waals surface area contributed by atoms with Crippen molar-refractivity contribution in [1.29, 1.82) is 0 Å². The van der Waals surface area contributed by atoms with E-state index in [2.05, 4.69) is 20.8 Å². The van der Waals surface area contributed by atoms with Crippen molar-refractivity contribution >= 4 is 21.8 Å². The fraction of sp³-hybridized carbons (Fsp3) is 0.588. The number of piperidine rings is 1. The van der Waals surface area contributed by atoms with Gasteiger partial charge in [-0.3, -0.25) is 9.69 Å². The standard InChI is InChI=1S/C17H25BrN2O3/c1-3-22-15-9-13(14(18)10-16(15)23-4-2)11-20-7-5-12(6-8-20)17(19)21/h9-10,12H,3-8,11H2,1-2H3,(H2,19,21). The molecule has 0 aromatic heterocycles. The Morgan fingerprint density at radius 3 is 2.30 bits per heavy atom. The van der Waals surface area contributed by atoms with Crippen molar-refractivity contribution in [1.82, 2.24) is 4.90 Å². The maximum atomic E-state index is 11.3. The van der Waals surface area contributed by atoms with E-state index in [0.29, 0.717) is 13.2 Å². The van der Waals surface area contributed by atoms with Gasteiger partial charge in [0.1, 0.15) is 0 Å². The van der Waals surface area contributed by atoms with E-state index in [4.69, 9.17) is 15.2 Å². The van der Waals surface area contributed by atoms with Gasteiger partial charge in [-0.25, -0.2) is 0 Å². The van der Waals surface area contributed by atoms with Crippen LogP contribution in [0.1, 0.15) is 32.3 Å². The third-order valence-electron chi connectivity index (χ3n) is 4.10. The molecule has 6 heteroatoms. The zero-order chi connectivity index (χ0) is 16.8. The number of primary amides is 1. The summed E-state index contributed by atoms with van der Waals surface area (Å²) in [7, 11) is 0. The van der Waals surface area contributed by atoms with Crippen molar-refractivity contribution in [3.05, 3.63) is 22.2 Å². The lowest BCUT2D eigenvalue weighted by Crippen LogP contribution is -2.38. The van der Waals surface area contributed by atoms with Crippen LogP contribution in [-0.4, -0.2) is 37.1 Å². The minimum Gasteiger partial charge on any atom is -0.490 e. The molecule has 1 fully saturated rings. The van der Waals surface area contributed by atoms with Crippen LogP contribution in [0.25, 0.3) is 0 Å². The van der Waals surface area contributed by atoms with Crippen LogP contribution in [0.3, 0.4) is 0 Å². The Labute approximate surface area is 146 Å². The van der Waals surface area contributed by atoms with Crippen LogP contribution in [0, 0.1) is 5.92 Å². The van der Waals surface area contributed by atoms with Gasteiger partial charge in [0.2, 0.25) is 5.91 Å². The summed E-state index contributed by atoms with van der Waals surface area (Å²) in [5, 5.41) is 0. The van der Waals surface area contributed by atoms with Crippen molar-refractivity contribution in [2.24, 2.45) is 11.7 Å². The van der Waals surface area contributed by atoms with Gasteiger partial charge in [0.25, 0.3) is 0 Å². The molecule has 1 aliphatic heterocycles. The number of nitrogens with two attached hydrogens (primary N) is 1. The summed E-state index contributed by atoms with van der Waals surface area (Å²) in [6.45, 7) is 7.72. The smallest absolute Gasteiger partial charge is 0.220 e. The van der Waals surface area contributed by atoms with E-state index in [0.717, 1.165) is 54.0 Å². The molecule has 1 saturated heterocycles. The number of hydrogen-bond donors (Lipinski definition) is 1. The van der Waals surface area contributed by atoms with E-state index in [9.17, 15) is 4.79 Å². The Hall–Kier alpha value is -1.27. The monoisotopic (exact) mass is 384 g/mol. The Morgan fingerprint density at radius 1 is 1.22 bits per heavy atom. The maximum absolute atomic E-state index is 11.3. The predicted octanol–water partition coefficient (Wildman–Crippen LogP) is 2.94. The first kappa shape index (κ1) is 18.1. The highest BCUT2D eigenvalue weighted by atomic mass is 79.9. The van der Waals surface area contributed by atoms with Gasteiger partial charge < -0.3 is 15.2 Å². The molecule has 0 atom stereocenters. The van der Waals surface area contributed by atoms with Crippen molar-refractivity contribution in [2.75, 3.05) is 26.3 Å². The molecule has 0 radical (unpaired) electrons. The lowest BCUT2D eigenvalue weighted by atomic mass is 9.96. The maximum Gasteiger partial charge on any atom is 0.220 e. The van der Waals surface area contributed by atoms with Crippen LogP contribution >= 0.6 is 15.9 Å².